The molecule has 18 heavy (non-hydrogen) atoms. The Morgan fingerprint density at radius 2 is 2.06 bits per heavy atom. The van der Waals surface area contributed by atoms with Gasteiger partial charge >= 0.3 is 0 Å². The summed E-state index contributed by atoms with van der Waals surface area (Å²) in [7, 11) is 0. The van der Waals surface area contributed by atoms with E-state index in [1.165, 1.54) is 0 Å². The number of nitrogens with zero attached hydrogens (tertiary/aromatic N) is 1. The molecule has 2 nitrogen and oxygen atoms in total. The van der Waals surface area contributed by atoms with E-state index in [0.29, 0.717) is 18.9 Å². The molecule has 3 heteroatoms. The molecule has 0 spiro atoms. The zero-order chi connectivity index (χ0) is 13.5. The fourth-order valence-corrected chi connectivity index (χ4v) is 2.19. The predicted molar refractivity (Wildman–Crippen MR) is 75.2 cm³/mol. The van der Waals surface area contributed by atoms with Gasteiger partial charge in [-0.05, 0) is 48.9 Å². The lowest BCUT2D eigenvalue weighted by atomic mass is 10.0. The van der Waals surface area contributed by atoms with Gasteiger partial charge in [0.05, 0.1) is 12.7 Å². The molecule has 1 aromatic carbocycles. The lowest BCUT2D eigenvalue weighted by Crippen LogP contribution is -2.00. The maximum absolute atomic E-state index is 8.45. The number of benzene rings is 1. The van der Waals surface area contributed by atoms with Gasteiger partial charge in [-0.2, -0.15) is 5.26 Å². The molecule has 1 aromatic rings. The maximum atomic E-state index is 8.45. The second-order valence-corrected chi connectivity index (χ2v) is 5.16. The van der Waals surface area contributed by atoms with Crippen LogP contribution in [0.2, 0.25) is 5.02 Å². The first-order chi connectivity index (χ1) is 8.56. The molecule has 1 rings (SSSR count). The summed E-state index contributed by atoms with van der Waals surface area (Å²) in [6.45, 7) is 6.89. The summed E-state index contributed by atoms with van der Waals surface area (Å²) in [6, 6.07) is 6.13. The molecular formula is C15H20ClNO. The van der Waals surface area contributed by atoms with E-state index in [0.717, 1.165) is 34.7 Å². The van der Waals surface area contributed by atoms with Crippen molar-refractivity contribution in [3.8, 4) is 11.8 Å². The van der Waals surface area contributed by atoms with Gasteiger partial charge < -0.3 is 4.74 Å². The largest absolute Gasteiger partial charge is 0.493 e. The molecule has 0 aliphatic rings. The Bertz CT molecular complexity index is 435. The lowest BCUT2D eigenvalue weighted by Gasteiger charge is -2.14. The van der Waals surface area contributed by atoms with E-state index in [4.69, 9.17) is 21.6 Å². The van der Waals surface area contributed by atoms with Crippen molar-refractivity contribution in [2.45, 2.75) is 46.0 Å². The van der Waals surface area contributed by atoms with Crippen LogP contribution >= 0.6 is 11.6 Å². The van der Waals surface area contributed by atoms with Gasteiger partial charge in [-0.3, -0.25) is 0 Å². The number of halogens is 1. The molecule has 0 saturated carbocycles. The molecule has 0 amide bonds. The minimum atomic E-state index is 0.388. The molecule has 0 bridgehead atoms. The van der Waals surface area contributed by atoms with Crippen LogP contribution in [0.4, 0.5) is 0 Å². The second-order valence-electron chi connectivity index (χ2n) is 4.76. The monoisotopic (exact) mass is 265 g/mol. The summed E-state index contributed by atoms with van der Waals surface area (Å²) >= 11 is 6.21. The molecule has 0 N–H and O–H groups in total. The highest BCUT2D eigenvalue weighted by Crippen LogP contribution is 2.31. The Hall–Kier alpha value is -1.20. The third-order valence-electron chi connectivity index (χ3n) is 2.86. The van der Waals surface area contributed by atoms with Crippen LogP contribution in [0.15, 0.2) is 12.1 Å². The predicted octanol–water partition coefficient (Wildman–Crippen LogP) is 4.84. The molecule has 0 unspecified atom stereocenters. The van der Waals surface area contributed by atoms with Crippen LogP contribution in [-0.2, 0) is 0 Å². The molecule has 0 radical (unpaired) electrons. The summed E-state index contributed by atoms with van der Waals surface area (Å²) in [6.07, 6.45) is 2.40. The van der Waals surface area contributed by atoms with Crippen molar-refractivity contribution in [1.82, 2.24) is 0 Å². The van der Waals surface area contributed by atoms with Gasteiger partial charge in [-0.15, -0.1) is 0 Å². The molecule has 0 fully saturated rings. The van der Waals surface area contributed by atoms with Crippen LogP contribution in [0.5, 0.6) is 5.75 Å². The van der Waals surface area contributed by atoms with Crippen LogP contribution in [0.1, 0.15) is 50.2 Å². The Morgan fingerprint density at radius 1 is 1.33 bits per heavy atom. The second kappa shape index (κ2) is 7.28. The van der Waals surface area contributed by atoms with Crippen molar-refractivity contribution in [1.29, 1.82) is 5.26 Å². The normalized spacial score (nSPS) is 10.4. The number of aryl methyl sites for hydroxylation is 1. The van der Waals surface area contributed by atoms with Crippen LogP contribution in [0, 0.1) is 18.3 Å². The van der Waals surface area contributed by atoms with E-state index in [1.54, 1.807) is 0 Å². The van der Waals surface area contributed by atoms with Crippen molar-refractivity contribution < 1.29 is 4.74 Å². The molecule has 0 atom stereocenters. The van der Waals surface area contributed by atoms with Crippen LogP contribution < -0.4 is 4.74 Å². The average molecular weight is 266 g/mol. The van der Waals surface area contributed by atoms with Crippen molar-refractivity contribution in [3.63, 3.8) is 0 Å². The molecule has 0 aliphatic carbocycles. The van der Waals surface area contributed by atoms with Crippen LogP contribution in [0.3, 0.4) is 0 Å². The highest BCUT2D eigenvalue weighted by Gasteiger charge is 2.09. The Labute approximate surface area is 115 Å². The number of hydrogen-bond acceptors (Lipinski definition) is 2. The summed E-state index contributed by atoms with van der Waals surface area (Å²) in [5, 5.41) is 9.25. The van der Waals surface area contributed by atoms with Crippen molar-refractivity contribution >= 4 is 11.6 Å². The first-order valence-corrected chi connectivity index (χ1v) is 6.73. The summed E-state index contributed by atoms with van der Waals surface area (Å²) in [4.78, 5) is 0. The van der Waals surface area contributed by atoms with Gasteiger partial charge in [0.25, 0.3) is 0 Å². The smallest absolute Gasteiger partial charge is 0.122 e. The first-order valence-electron chi connectivity index (χ1n) is 6.36. The topological polar surface area (TPSA) is 33.0 Å². The number of hydrogen-bond donors (Lipinski definition) is 0. The minimum absolute atomic E-state index is 0.388. The highest BCUT2D eigenvalue weighted by molar-refractivity contribution is 6.31. The van der Waals surface area contributed by atoms with Crippen molar-refractivity contribution in [3.05, 3.63) is 28.3 Å². The molecule has 0 aromatic heterocycles. The van der Waals surface area contributed by atoms with Gasteiger partial charge in [-0.1, -0.05) is 25.4 Å². The van der Waals surface area contributed by atoms with Gasteiger partial charge in [0.1, 0.15) is 5.75 Å². The lowest BCUT2D eigenvalue weighted by molar-refractivity contribution is 0.305. The zero-order valence-corrected chi connectivity index (χ0v) is 12.0. The van der Waals surface area contributed by atoms with Gasteiger partial charge in [-0.25, -0.2) is 0 Å². The quantitative estimate of drug-likeness (QED) is 0.689. The molecule has 98 valence electrons. The van der Waals surface area contributed by atoms with Gasteiger partial charge in [0.15, 0.2) is 0 Å². The third-order valence-corrected chi connectivity index (χ3v) is 3.18. The Morgan fingerprint density at radius 3 is 2.67 bits per heavy atom. The summed E-state index contributed by atoms with van der Waals surface area (Å²) in [5.41, 5.74) is 2.18. The van der Waals surface area contributed by atoms with Crippen molar-refractivity contribution in [2.24, 2.45) is 0 Å². The number of ether oxygens (including phenoxy) is 1. The highest BCUT2D eigenvalue weighted by atomic mass is 35.5. The number of rotatable bonds is 6. The van der Waals surface area contributed by atoms with E-state index in [1.807, 2.05) is 19.1 Å². The number of nitriles is 1. The summed E-state index contributed by atoms with van der Waals surface area (Å²) in [5.74, 6) is 1.29. The SMILES string of the molecule is Cc1cc(Cl)c(C(C)C)cc1OCCCCC#N. The Balaban J connectivity index is 2.65. The fourth-order valence-electron chi connectivity index (χ4n) is 1.75. The molecule has 0 saturated heterocycles. The third kappa shape index (κ3) is 4.23. The van der Waals surface area contributed by atoms with E-state index in [-0.39, 0.29) is 0 Å². The minimum Gasteiger partial charge on any atom is -0.493 e. The van der Waals surface area contributed by atoms with E-state index in [9.17, 15) is 0 Å². The first kappa shape index (κ1) is 14.9. The van der Waals surface area contributed by atoms with Crippen LogP contribution in [0.25, 0.3) is 0 Å². The van der Waals surface area contributed by atoms with E-state index >= 15 is 0 Å². The maximum Gasteiger partial charge on any atom is 0.122 e. The van der Waals surface area contributed by atoms with E-state index in [2.05, 4.69) is 19.9 Å². The average Bonchev–Trinajstić information content (AvgIpc) is 2.30. The molecular weight excluding hydrogens is 246 g/mol. The zero-order valence-electron chi connectivity index (χ0n) is 11.3. The van der Waals surface area contributed by atoms with Gasteiger partial charge in [0.2, 0.25) is 0 Å². The van der Waals surface area contributed by atoms with E-state index < -0.39 is 0 Å². The number of unbranched alkanes of at least 4 members (excludes halogenated alkanes) is 2. The fraction of sp³-hybridized carbons (Fsp3) is 0.533. The Kier molecular flexibility index (Phi) is 6.01. The summed E-state index contributed by atoms with van der Waals surface area (Å²) < 4.78 is 5.76. The van der Waals surface area contributed by atoms with Gasteiger partial charge in [0, 0.05) is 11.4 Å². The molecule has 0 heterocycles. The van der Waals surface area contributed by atoms with Crippen LogP contribution in [-0.4, -0.2) is 6.61 Å². The molecule has 0 aliphatic heterocycles. The standard InChI is InChI=1S/C15H20ClNO/c1-11(2)13-10-15(12(3)9-14(13)16)18-8-6-4-5-7-17/h9-11H,4-6,8H2,1-3H3. The van der Waals surface area contributed by atoms with Crippen molar-refractivity contribution in [2.75, 3.05) is 6.61 Å².